The number of fused-ring (bicyclic) bond motifs is 1. The van der Waals surface area contributed by atoms with Crippen molar-refractivity contribution in [1.29, 1.82) is 0 Å². The molecule has 0 bridgehead atoms. The van der Waals surface area contributed by atoms with Gasteiger partial charge in [-0.3, -0.25) is 4.79 Å². The van der Waals surface area contributed by atoms with E-state index in [9.17, 15) is 50.4 Å². The monoisotopic (exact) mass is 609 g/mol. The van der Waals surface area contributed by atoms with Crippen LogP contribution in [0.1, 0.15) is 5.56 Å². The Morgan fingerprint density at radius 1 is 0.864 bits per heavy atom. The molecule has 3 aliphatic rings. The molecule has 0 unspecified atom stereocenters. The van der Waals surface area contributed by atoms with E-state index in [1.165, 1.54) is 36.4 Å². The first-order chi connectivity index (χ1) is 20.9. The minimum Gasteiger partial charge on any atom is -0.870 e. The van der Waals surface area contributed by atoms with Crippen LogP contribution >= 0.6 is 0 Å². The Morgan fingerprint density at radius 3 is 2.36 bits per heavy atom. The zero-order valence-electron chi connectivity index (χ0n) is 22.4. The fraction of sp³-hybridized carbons (Fsp3) is 0.200. The Kier molecular flexibility index (Phi) is 8.33. The van der Waals surface area contributed by atoms with Gasteiger partial charge in [-0.2, -0.15) is 0 Å². The lowest BCUT2D eigenvalue weighted by atomic mass is 9.99. The van der Waals surface area contributed by atoms with Gasteiger partial charge < -0.3 is 59.5 Å². The molecule has 1 aliphatic carbocycles. The predicted octanol–water partition coefficient (Wildman–Crippen LogP) is 0.751. The first kappa shape index (κ1) is 30.2. The molecule has 0 saturated carbocycles. The van der Waals surface area contributed by atoms with Crippen LogP contribution in [0.5, 0.6) is 34.5 Å². The summed E-state index contributed by atoms with van der Waals surface area (Å²) in [6.45, 7) is -0.602. The number of phenolic OH excluding ortho intramolecular Hbond substituents is 4. The number of rotatable bonds is 7. The van der Waals surface area contributed by atoms with Crippen molar-refractivity contribution in [2.24, 2.45) is 0 Å². The van der Waals surface area contributed by atoms with E-state index < -0.39 is 71.7 Å². The van der Waals surface area contributed by atoms with Gasteiger partial charge in [0.15, 0.2) is 28.4 Å². The summed E-state index contributed by atoms with van der Waals surface area (Å²) in [5, 5.41) is 82.6. The first-order valence-corrected chi connectivity index (χ1v) is 13.0. The van der Waals surface area contributed by atoms with Gasteiger partial charge in [0.2, 0.25) is 6.29 Å². The molecule has 1 fully saturated rings. The molecule has 0 spiro atoms. The van der Waals surface area contributed by atoms with E-state index in [-0.39, 0.29) is 34.1 Å². The van der Waals surface area contributed by atoms with Gasteiger partial charge in [-0.1, -0.05) is 23.9 Å². The van der Waals surface area contributed by atoms with Crippen LogP contribution in [0.4, 0.5) is 0 Å². The highest BCUT2D eigenvalue weighted by Crippen LogP contribution is 2.42. The molecule has 14 nitrogen and oxygen atoms in total. The van der Waals surface area contributed by atoms with Crippen LogP contribution < -0.4 is 15.3 Å². The number of ether oxygens (including phenoxy) is 3. The number of aromatic hydroxyl groups is 4. The number of hydrogen-bond donors (Lipinski definition) is 7. The second-order valence-corrected chi connectivity index (χ2v) is 9.82. The molecule has 0 radical (unpaired) electrons. The smallest absolute Gasteiger partial charge is 0.330 e. The van der Waals surface area contributed by atoms with Crippen LogP contribution in [0.2, 0.25) is 0 Å². The summed E-state index contributed by atoms with van der Waals surface area (Å²) in [7, 11) is 0. The summed E-state index contributed by atoms with van der Waals surface area (Å²) >= 11 is 0. The number of aliphatic hydroxyl groups is 3. The fourth-order valence-corrected chi connectivity index (χ4v) is 4.42. The SMILES string of the molecule is O=C(/C=C/c1ccc(O)c(O)c1)OC[C@H]1O[C@@H](Oc2cc3c(O)cc(=O)cc-3oc2-c2ccc([O-])c(O)c2)[C@H](O)[C@@H](O)[C@@H]1O. The second-order valence-electron chi connectivity index (χ2n) is 9.82. The van der Waals surface area contributed by atoms with E-state index in [4.69, 9.17) is 18.6 Å². The summed E-state index contributed by atoms with van der Waals surface area (Å²) in [4.78, 5) is 24.2. The molecule has 2 aliphatic heterocycles. The van der Waals surface area contributed by atoms with Gasteiger partial charge in [0.05, 0.1) is 5.56 Å². The average Bonchev–Trinajstić information content (AvgIpc) is 2.98. The van der Waals surface area contributed by atoms with Crippen LogP contribution in [-0.2, 0) is 14.3 Å². The molecule has 14 heteroatoms. The molecule has 2 aromatic carbocycles. The van der Waals surface area contributed by atoms with E-state index in [1.54, 1.807) is 0 Å². The van der Waals surface area contributed by atoms with Gasteiger partial charge in [-0.25, -0.2) is 4.79 Å². The van der Waals surface area contributed by atoms with E-state index in [0.29, 0.717) is 5.56 Å². The molecule has 7 N–H and O–H groups in total. The van der Waals surface area contributed by atoms with Crippen LogP contribution in [-0.4, -0.2) is 79.0 Å². The fourth-order valence-electron chi connectivity index (χ4n) is 4.42. The molecular weight excluding hydrogens is 584 g/mol. The van der Waals surface area contributed by atoms with E-state index >= 15 is 0 Å². The van der Waals surface area contributed by atoms with Crippen molar-refractivity contribution in [1.82, 2.24) is 0 Å². The van der Waals surface area contributed by atoms with Crippen molar-refractivity contribution in [3.8, 4) is 57.1 Å². The number of hydrogen-bond acceptors (Lipinski definition) is 14. The Balaban J connectivity index is 1.39. The molecule has 0 amide bonds. The molecule has 1 saturated heterocycles. The lowest BCUT2D eigenvalue weighted by molar-refractivity contribution is -0.278. The highest BCUT2D eigenvalue weighted by Gasteiger charge is 2.46. The topological polar surface area (TPSA) is 240 Å². The average molecular weight is 610 g/mol. The summed E-state index contributed by atoms with van der Waals surface area (Å²) in [5.74, 6) is -3.89. The molecule has 5 rings (SSSR count). The summed E-state index contributed by atoms with van der Waals surface area (Å²) in [5.41, 5.74) is -0.101. The standard InChI is InChI=1S/C30H26O14/c31-15-9-19(34)16-11-23(29(42-22(16)10-15)14-3-5-18(33)21(36)8-14)43-30-28(40)27(39)26(38)24(44-30)12-41-25(37)6-2-13-1-4-17(32)20(35)7-13/h1-11,24,26-28,30,32-36,38-40H,12H2/p-1/b6-2+/t24-,26-,27+,28-,30-/m1/s1. The van der Waals surface area contributed by atoms with Gasteiger partial charge >= 0.3 is 5.97 Å². The summed E-state index contributed by atoms with van der Waals surface area (Å²) in [6.07, 6.45) is -6.24. The van der Waals surface area contributed by atoms with Gasteiger partial charge in [0.25, 0.3) is 0 Å². The number of esters is 1. The minimum atomic E-state index is -1.85. The number of benzene rings is 3. The minimum absolute atomic E-state index is 0.0121. The maximum absolute atomic E-state index is 12.3. The van der Waals surface area contributed by atoms with E-state index in [2.05, 4.69) is 0 Å². The second kappa shape index (κ2) is 12.1. The van der Waals surface area contributed by atoms with Crippen molar-refractivity contribution in [3.63, 3.8) is 0 Å². The van der Waals surface area contributed by atoms with Gasteiger partial charge in [-0.05, 0) is 35.9 Å². The van der Waals surface area contributed by atoms with E-state index in [1.807, 2.05) is 0 Å². The molecule has 230 valence electrons. The van der Waals surface area contributed by atoms with Crippen molar-refractivity contribution < 1.29 is 64.3 Å². The highest BCUT2D eigenvalue weighted by molar-refractivity contribution is 5.87. The van der Waals surface area contributed by atoms with Crippen molar-refractivity contribution in [2.75, 3.05) is 6.61 Å². The van der Waals surface area contributed by atoms with Gasteiger partial charge in [0.1, 0.15) is 48.3 Å². The zero-order chi connectivity index (χ0) is 31.7. The number of carbonyl (C=O) groups excluding carboxylic acids is 1. The number of phenols is 4. The zero-order valence-corrected chi connectivity index (χ0v) is 22.4. The Labute approximate surface area is 247 Å². The molecule has 2 heterocycles. The lowest BCUT2D eigenvalue weighted by Gasteiger charge is -2.40. The third-order valence-electron chi connectivity index (χ3n) is 6.74. The molecular formula is C30H25O14-. The predicted molar refractivity (Wildman–Crippen MR) is 147 cm³/mol. The van der Waals surface area contributed by atoms with Crippen molar-refractivity contribution in [2.45, 2.75) is 30.7 Å². The van der Waals surface area contributed by atoms with Gasteiger partial charge in [-0.15, -0.1) is 0 Å². The number of aliphatic hydroxyl groups excluding tert-OH is 3. The van der Waals surface area contributed by atoms with Crippen molar-refractivity contribution >= 4 is 12.0 Å². The Morgan fingerprint density at radius 2 is 1.64 bits per heavy atom. The molecule has 0 aromatic heterocycles. The molecule has 44 heavy (non-hydrogen) atoms. The normalized spacial score (nSPS) is 21.8. The lowest BCUT2D eigenvalue weighted by Crippen LogP contribution is -2.60. The Hall–Kier alpha value is -5.28. The quantitative estimate of drug-likeness (QED) is 0.0869. The molecule has 2 aromatic rings. The van der Waals surface area contributed by atoms with Crippen LogP contribution in [0.15, 0.2) is 69.9 Å². The summed E-state index contributed by atoms with van der Waals surface area (Å²) < 4.78 is 22.3. The maximum atomic E-state index is 12.3. The summed E-state index contributed by atoms with van der Waals surface area (Å²) in [6, 6.07) is 10.5. The Bertz CT molecular complexity index is 1740. The maximum Gasteiger partial charge on any atom is 0.330 e. The third-order valence-corrected chi connectivity index (χ3v) is 6.74. The third kappa shape index (κ3) is 6.23. The highest BCUT2D eigenvalue weighted by atomic mass is 16.7. The van der Waals surface area contributed by atoms with E-state index in [0.717, 1.165) is 30.3 Å². The molecule has 5 atom stereocenters. The van der Waals surface area contributed by atoms with Crippen molar-refractivity contribution in [3.05, 3.63) is 76.5 Å². The van der Waals surface area contributed by atoms with Crippen LogP contribution in [0, 0.1) is 0 Å². The number of carbonyl (C=O) groups is 1. The van der Waals surface area contributed by atoms with Crippen LogP contribution in [0.25, 0.3) is 28.7 Å². The largest absolute Gasteiger partial charge is 0.870 e. The van der Waals surface area contributed by atoms with Gasteiger partial charge in [0, 0.05) is 23.8 Å². The van der Waals surface area contributed by atoms with Crippen LogP contribution in [0.3, 0.4) is 0 Å². The first-order valence-electron chi connectivity index (χ1n) is 13.0.